The van der Waals surface area contributed by atoms with E-state index in [2.05, 4.69) is 5.32 Å². The predicted molar refractivity (Wildman–Crippen MR) is 68.3 cm³/mol. The summed E-state index contributed by atoms with van der Waals surface area (Å²) in [6.45, 7) is 3.93. The van der Waals surface area contributed by atoms with Crippen LogP contribution >= 0.6 is 11.6 Å². The second-order valence-corrected chi connectivity index (χ2v) is 4.23. The fourth-order valence-electron chi connectivity index (χ4n) is 1.18. The van der Waals surface area contributed by atoms with Gasteiger partial charge >= 0.3 is 0 Å². The Hall–Kier alpha value is -1.35. The Balaban J connectivity index is 2.64. The van der Waals surface area contributed by atoms with Crippen molar-refractivity contribution in [1.29, 1.82) is 0 Å². The van der Waals surface area contributed by atoms with Gasteiger partial charge in [-0.1, -0.05) is 24.6 Å². The number of nitrogens with one attached hydrogen (secondary N) is 1. The Bertz CT molecular complexity index is 431. The molecule has 0 heterocycles. The van der Waals surface area contributed by atoms with Crippen LogP contribution in [0.5, 0.6) is 0 Å². The molecule has 1 rings (SSSR count). The van der Waals surface area contributed by atoms with Crippen molar-refractivity contribution in [3.05, 3.63) is 40.7 Å². The third kappa shape index (κ3) is 4.57. The lowest BCUT2D eigenvalue weighted by Crippen LogP contribution is -2.30. The molecule has 0 bridgehead atoms. The fraction of sp³-hybridized carbons (Fsp3) is 0.308. The lowest BCUT2D eigenvalue weighted by Gasteiger charge is -2.08. The Labute approximate surface area is 105 Å². The second-order valence-electron chi connectivity index (χ2n) is 3.82. The number of rotatable bonds is 4. The van der Waals surface area contributed by atoms with Crippen molar-refractivity contribution in [2.75, 3.05) is 0 Å². The van der Waals surface area contributed by atoms with E-state index in [1.165, 1.54) is 18.2 Å². The molecule has 0 fully saturated rings. The van der Waals surface area contributed by atoms with Crippen LogP contribution in [0.3, 0.4) is 0 Å². The summed E-state index contributed by atoms with van der Waals surface area (Å²) in [6.07, 6.45) is 3.89. The normalized spacial score (nSPS) is 12.7. The van der Waals surface area contributed by atoms with Crippen molar-refractivity contribution in [3.8, 4) is 0 Å². The van der Waals surface area contributed by atoms with Gasteiger partial charge in [-0.25, -0.2) is 4.39 Å². The molecule has 0 saturated heterocycles. The molecular formula is C13H15ClFNO. The van der Waals surface area contributed by atoms with Gasteiger partial charge in [0.15, 0.2) is 0 Å². The summed E-state index contributed by atoms with van der Waals surface area (Å²) in [6, 6.07) is 4.45. The molecule has 1 atom stereocenters. The van der Waals surface area contributed by atoms with Gasteiger partial charge in [0.25, 0.3) is 0 Å². The molecule has 0 aliphatic carbocycles. The van der Waals surface area contributed by atoms with Crippen LogP contribution in [0.25, 0.3) is 6.08 Å². The zero-order valence-corrected chi connectivity index (χ0v) is 10.6. The molecule has 1 amide bonds. The molecule has 1 aromatic rings. The number of amides is 1. The minimum absolute atomic E-state index is 0.0504. The van der Waals surface area contributed by atoms with Crippen molar-refractivity contribution < 1.29 is 9.18 Å². The van der Waals surface area contributed by atoms with E-state index in [1.54, 1.807) is 12.1 Å². The monoisotopic (exact) mass is 255 g/mol. The summed E-state index contributed by atoms with van der Waals surface area (Å²) in [5, 5.41) is 2.84. The van der Waals surface area contributed by atoms with E-state index in [0.717, 1.165) is 6.42 Å². The number of carbonyl (C=O) groups excluding carboxylic acids is 1. The number of hydrogen-bond acceptors (Lipinski definition) is 1. The first kappa shape index (κ1) is 13.7. The molecule has 92 valence electrons. The SMILES string of the molecule is CC[C@@H](C)NC(=O)/C=C/c1ccc(F)c(Cl)c1. The van der Waals surface area contributed by atoms with Gasteiger partial charge in [0, 0.05) is 12.1 Å². The molecule has 0 aromatic heterocycles. The topological polar surface area (TPSA) is 29.1 Å². The van der Waals surface area contributed by atoms with E-state index in [0.29, 0.717) is 5.56 Å². The van der Waals surface area contributed by atoms with Gasteiger partial charge in [-0.15, -0.1) is 0 Å². The maximum atomic E-state index is 12.9. The van der Waals surface area contributed by atoms with Gasteiger partial charge in [0.1, 0.15) is 5.82 Å². The van der Waals surface area contributed by atoms with Crippen LogP contribution in [0.4, 0.5) is 4.39 Å². The molecule has 0 spiro atoms. The lowest BCUT2D eigenvalue weighted by atomic mass is 10.2. The highest BCUT2D eigenvalue weighted by Gasteiger charge is 2.02. The van der Waals surface area contributed by atoms with Crippen LogP contribution in [-0.4, -0.2) is 11.9 Å². The Kier molecular flexibility index (Phi) is 5.16. The Morgan fingerprint density at radius 2 is 2.29 bits per heavy atom. The lowest BCUT2D eigenvalue weighted by molar-refractivity contribution is -0.117. The summed E-state index contributed by atoms with van der Waals surface area (Å²) < 4.78 is 12.9. The highest BCUT2D eigenvalue weighted by molar-refractivity contribution is 6.30. The summed E-state index contributed by atoms with van der Waals surface area (Å²) in [7, 11) is 0. The summed E-state index contributed by atoms with van der Waals surface area (Å²) >= 11 is 5.63. The van der Waals surface area contributed by atoms with Crippen LogP contribution in [0.15, 0.2) is 24.3 Å². The molecule has 1 aromatic carbocycles. The fourth-order valence-corrected chi connectivity index (χ4v) is 1.37. The molecule has 0 unspecified atom stereocenters. The zero-order valence-electron chi connectivity index (χ0n) is 9.84. The minimum atomic E-state index is -0.465. The summed E-state index contributed by atoms with van der Waals surface area (Å²) in [5.74, 6) is -0.632. The van der Waals surface area contributed by atoms with Gasteiger partial charge in [-0.3, -0.25) is 4.79 Å². The number of hydrogen-bond donors (Lipinski definition) is 1. The Morgan fingerprint density at radius 1 is 1.59 bits per heavy atom. The van der Waals surface area contributed by atoms with Crippen LogP contribution in [0.1, 0.15) is 25.8 Å². The zero-order chi connectivity index (χ0) is 12.8. The van der Waals surface area contributed by atoms with E-state index in [9.17, 15) is 9.18 Å². The first-order valence-electron chi connectivity index (χ1n) is 5.46. The largest absolute Gasteiger partial charge is 0.350 e. The standard InChI is InChI=1S/C13H15ClFNO/c1-3-9(2)16-13(17)7-5-10-4-6-12(15)11(14)8-10/h4-9H,3H2,1-2H3,(H,16,17)/b7-5+/t9-/m1/s1. The molecule has 0 radical (unpaired) electrons. The predicted octanol–water partition coefficient (Wildman–Crippen LogP) is 3.41. The number of benzene rings is 1. The van der Waals surface area contributed by atoms with E-state index in [1.807, 2.05) is 13.8 Å². The smallest absolute Gasteiger partial charge is 0.244 e. The van der Waals surface area contributed by atoms with Gasteiger partial charge in [0.05, 0.1) is 5.02 Å². The van der Waals surface area contributed by atoms with Crippen molar-refractivity contribution in [1.82, 2.24) is 5.32 Å². The van der Waals surface area contributed by atoms with Crippen LogP contribution in [0, 0.1) is 5.82 Å². The molecule has 0 aliphatic rings. The minimum Gasteiger partial charge on any atom is -0.350 e. The van der Waals surface area contributed by atoms with Crippen molar-refractivity contribution in [3.63, 3.8) is 0 Å². The highest BCUT2D eigenvalue weighted by Crippen LogP contribution is 2.16. The maximum absolute atomic E-state index is 12.9. The van der Waals surface area contributed by atoms with Crippen molar-refractivity contribution in [2.24, 2.45) is 0 Å². The third-order valence-corrected chi connectivity index (χ3v) is 2.66. The van der Waals surface area contributed by atoms with Crippen LogP contribution < -0.4 is 5.32 Å². The number of halogens is 2. The average Bonchev–Trinajstić information content (AvgIpc) is 2.30. The van der Waals surface area contributed by atoms with Gasteiger partial charge in [-0.2, -0.15) is 0 Å². The molecule has 4 heteroatoms. The second kappa shape index (κ2) is 6.40. The van der Waals surface area contributed by atoms with Crippen molar-refractivity contribution >= 4 is 23.6 Å². The van der Waals surface area contributed by atoms with Gasteiger partial charge in [-0.05, 0) is 37.1 Å². The summed E-state index contributed by atoms with van der Waals surface area (Å²) in [4.78, 5) is 11.4. The van der Waals surface area contributed by atoms with E-state index in [-0.39, 0.29) is 17.0 Å². The van der Waals surface area contributed by atoms with Crippen LogP contribution in [0.2, 0.25) is 5.02 Å². The van der Waals surface area contributed by atoms with Gasteiger partial charge < -0.3 is 5.32 Å². The molecule has 17 heavy (non-hydrogen) atoms. The summed E-state index contributed by atoms with van der Waals surface area (Å²) in [5.41, 5.74) is 0.690. The Morgan fingerprint density at radius 3 is 2.88 bits per heavy atom. The van der Waals surface area contributed by atoms with E-state index in [4.69, 9.17) is 11.6 Å². The maximum Gasteiger partial charge on any atom is 0.244 e. The van der Waals surface area contributed by atoms with E-state index < -0.39 is 5.82 Å². The van der Waals surface area contributed by atoms with Gasteiger partial charge in [0.2, 0.25) is 5.91 Å². The van der Waals surface area contributed by atoms with Crippen molar-refractivity contribution in [2.45, 2.75) is 26.3 Å². The first-order valence-corrected chi connectivity index (χ1v) is 5.84. The number of carbonyl (C=O) groups is 1. The van der Waals surface area contributed by atoms with Crippen LogP contribution in [-0.2, 0) is 4.79 Å². The average molecular weight is 256 g/mol. The molecule has 2 nitrogen and oxygen atoms in total. The van der Waals surface area contributed by atoms with E-state index >= 15 is 0 Å². The molecule has 0 aliphatic heterocycles. The molecular weight excluding hydrogens is 241 g/mol. The third-order valence-electron chi connectivity index (χ3n) is 2.37. The highest BCUT2D eigenvalue weighted by atomic mass is 35.5. The molecule has 1 N–H and O–H groups in total. The first-order chi connectivity index (χ1) is 8.02. The molecule has 0 saturated carbocycles. The quantitative estimate of drug-likeness (QED) is 0.821.